The van der Waals surface area contributed by atoms with Gasteiger partial charge in [0.1, 0.15) is 0 Å². The Hall–Kier alpha value is -2.63. The second-order valence-corrected chi connectivity index (χ2v) is 5.40. The molecule has 0 saturated heterocycles. The van der Waals surface area contributed by atoms with Gasteiger partial charge in [-0.2, -0.15) is 19.0 Å². The van der Waals surface area contributed by atoms with Crippen molar-refractivity contribution >= 4 is 12.4 Å². The minimum Gasteiger partial charge on any atom is -0.432 e. The summed E-state index contributed by atoms with van der Waals surface area (Å²) in [5, 5.41) is 7.73. The zero-order valence-corrected chi connectivity index (χ0v) is 13.8. The number of rotatable bonds is 8. The van der Waals surface area contributed by atoms with Crippen molar-refractivity contribution in [3.63, 3.8) is 0 Å². The molecule has 2 rings (SSSR count). The molecule has 25 heavy (non-hydrogen) atoms. The lowest BCUT2D eigenvalue weighted by Gasteiger charge is -2.05. The highest BCUT2D eigenvalue weighted by molar-refractivity contribution is 5.82. The maximum Gasteiger partial charge on any atom is 0.387 e. The van der Waals surface area contributed by atoms with Gasteiger partial charge in [0, 0.05) is 0 Å². The van der Waals surface area contributed by atoms with Crippen LogP contribution in [0.25, 0.3) is 0 Å². The van der Waals surface area contributed by atoms with Crippen LogP contribution in [0, 0.1) is 5.82 Å². The molecule has 6 heteroatoms. The normalized spacial score (nSPS) is 11.7. The van der Waals surface area contributed by atoms with Gasteiger partial charge in [0.05, 0.1) is 12.4 Å². The molecule has 0 radical (unpaired) electrons. The van der Waals surface area contributed by atoms with E-state index < -0.39 is 18.2 Å². The van der Waals surface area contributed by atoms with Gasteiger partial charge >= 0.3 is 6.61 Å². The number of benzene rings is 2. The van der Waals surface area contributed by atoms with Gasteiger partial charge in [-0.15, -0.1) is 0 Å². The van der Waals surface area contributed by atoms with Crippen LogP contribution in [0.2, 0.25) is 0 Å². The zero-order chi connectivity index (χ0) is 18.1. The summed E-state index contributed by atoms with van der Waals surface area (Å²) in [6.45, 7) is -0.906. The van der Waals surface area contributed by atoms with Crippen LogP contribution < -0.4 is 4.74 Å². The number of hydrogen-bond acceptors (Lipinski definition) is 3. The summed E-state index contributed by atoms with van der Waals surface area (Å²) in [7, 11) is 0. The van der Waals surface area contributed by atoms with Crippen molar-refractivity contribution in [2.24, 2.45) is 10.2 Å². The maximum absolute atomic E-state index is 13.6. The monoisotopic (exact) mass is 348 g/mol. The Balaban J connectivity index is 1.93. The van der Waals surface area contributed by atoms with Crippen molar-refractivity contribution in [3.8, 4) is 5.75 Å². The molecule has 0 unspecified atom stereocenters. The molecular formula is C19H19F3N2O. The predicted molar refractivity (Wildman–Crippen MR) is 93.3 cm³/mol. The molecule has 0 saturated carbocycles. The molecule has 0 bridgehead atoms. The SMILES string of the molecule is CCCCc1ccc(/C=N/N=C\c2ccc(OC(F)F)c(F)c2)cc1. The Morgan fingerprint density at radius 2 is 1.64 bits per heavy atom. The van der Waals surface area contributed by atoms with Crippen LogP contribution in [-0.4, -0.2) is 19.0 Å². The van der Waals surface area contributed by atoms with Crippen LogP contribution in [0.4, 0.5) is 13.2 Å². The van der Waals surface area contributed by atoms with E-state index in [9.17, 15) is 13.2 Å². The Labute approximate surface area is 144 Å². The third-order valence-corrected chi connectivity index (χ3v) is 3.45. The summed E-state index contributed by atoms with van der Waals surface area (Å²) in [5.74, 6) is -1.38. The van der Waals surface area contributed by atoms with E-state index in [4.69, 9.17) is 0 Å². The van der Waals surface area contributed by atoms with E-state index >= 15 is 0 Å². The average molecular weight is 348 g/mol. The molecule has 0 atom stereocenters. The third kappa shape index (κ3) is 6.41. The van der Waals surface area contributed by atoms with Crippen molar-refractivity contribution in [2.45, 2.75) is 32.8 Å². The van der Waals surface area contributed by atoms with Crippen LogP contribution in [0.3, 0.4) is 0 Å². The fourth-order valence-electron chi connectivity index (χ4n) is 2.14. The topological polar surface area (TPSA) is 34.0 Å². The first-order valence-corrected chi connectivity index (χ1v) is 7.98. The summed E-state index contributed by atoms with van der Waals surface area (Å²) in [6, 6.07) is 11.6. The molecule has 0 heterocycles. The van der Waals surface area contributed by atoms with Crippen LogP contribution in [0.15, 0.2) is 52.7 Å². The number of hydrogen-bond donors (Lipinski definition) is 0. The largest absolute Gasteiger partial charge is 0.432 e. The molecule has 0 aliphatic carbocycles. The standard InChI is InChI=1S/C19H19F3N2O/c1-2-3-4-14-5-7-15(8-6-14)12-23-24-13-16-9-10-18(17(20)11-16)25-19(21)22/h5-13,19H,2-4H2,1H3/b23-12+,24-13-. The van der Waals surface area contributed by atoms with E-state index in [0.717, 1.165) is 37.0 Å². The highest BCUT2D eigenvalue weighted by atomic mass is 19.3. The minimum atomic E-state index is -3.06. The number of unbranched alkanes of at least 4 members (excludes halogenated alkanes) is 1. The quantitative estimate of drug-likeness (QED) is 0.475. The minimum absolute atomic E-state index is 0.395. The highest BCUT2D eigenvalue weighted by Crippen LogP contribution is 2.19. The van der Waals surface area contributed by atoms with Gasteiger partial charge in [0.25, 0.3) is 0 Å². The number of alkyl halides is 2. The zero-order valence-electron chi connectivity index (χ0n) is 13.8. The Kier molecular flexibility index (Phi) is 7.19. The lowest BCUT2D eigenvalue weighted by Crippen LogP contribution is -2.03. The van der Waals surface area contributed by atoms with Crippen molar-refractivity contribution < 1.29 is 17.9 Å². The molecule has 0 fully saturated rings. The van der Waals surface area contributed by atoms with Gasteiger partial charge in [-0.05, 0) is 47.7 Å². The number of halogens is 3. The summed E-state index contributed by atoms with van der Waals surface area (Å²) >= 11 is 0. The van der Waals surface area contributed by atoms with E-state index in [-0.39, 0.29) is 0 Å². The summed E-state index contributed by atoms with van der Waals surface area (Å²) in [6.07, 6.45) is 6.30. The molecule has 0 aliphatic heterocycles. The molecule has 0 aromatic heterocycles. The van der Waals surface area contributed by atoms with E-state index in [0.29, 0.717) is 5.56 Å². The van der Waals surface area contributed by atoms with Crippen LogP contribution >= 0.6 is 0 Å². The molecule has 0 amide bonds. The van der Waals surface area contributed by atoms with Crippen LogP contribution in [0.1, 0.15) is 36.5 Å². The number of ether oxygens (including phenoxy) is 1. The van der Waals surface area contributed by atoms with Gasteiger partial charge in [-0.3, -0.25) is 0 Å². The van der Waals surface area contributed by atoms with E-state index in [1.807, 2.05) is 12.1 Å². The van der Waals surface area contributed by atoms with E-state index in [1.165, 1.54) is 17.8 Å². The average Bonchev–Trinajstić information content (AvgIpc) is 2.60. The van der Waals surface area contributed by atoms with E-state index in [2.05, 4.69) is 34.0 Å². The first-order chi connectivity index (χ1) is 12.1. The molecule has 2 aromatic carbocycles. The van der Waals surface area contributed by atoms with Crippen molar-refractivity contribution in [1.29, 1.82) is 0 Å². The summed E-state index contributed by atoms with van der Waals surface area (Å²) in [5.41, 5.74) is 2.58. The summed E-state index contributed by atoms with van der Waals surface area (Å²) in [4.78, 5) is 0. The van der Waals surface area contributed by atoms with Crippen molar-refractivity contribution in [3.05, 3.63) is 65.0 Å². The lowest BCUT2D eigenvalue weighted by molar-refractivity contribution is -0.0521. The van der Waals surface area contributed by atoms with Gasteiger partial charge in [0.2, 0.25) is 0 Å². The van der Waals surface area contributed by atoms with Crippen molar-refractivity contribution in [1.82, 2.24) is 0 Å². The van der Waals surface area contributed by atoms with Gasteiger partial charge < -0.3 is 4.74 Å². The molecule has 0 aliphatic rings. The number of nitrogens with zero attached hydrogens (tertiary/aromatic N) is 2. The molecule has 132 valence electrons. The van der Waals surface area contributed by atoms with E-state index in [1.54, 1.807) is 6.21 Å². The highest BCUT2D eigenvalue weighted by Gasteiger charge is 2.09. The molecule has 2 aromatic rings. The van der Waals surface area contributed by atoms with Gasteiger partial charge in [-0.25, -0.2) is 4.39 Å². The van der Waals surface area contributed by atoms with Gasteiger partial charge in [0.15, 0.2) is 11.6 Å². The third-order valence-electron chi connectivity index (χ3n) is 3.45. The second-order valence-electron chi connectivity index (χ2n) is 5.40. The molecule has 0 N–H and O–H groups in total. The maximum atomic E-state index is 13.6. The fraction of sp³-hybridized carbons (Fsp3) is 0.263. The Bertz CT molecular complexity index is 728. The number of aryl methyl sites for hydroxylation is 1. The van der Waals surface area contributed by atoms with Crippen LogP contribution in [-0.2, 0) is 6.42 Å². The summed E-state index contributed by atoms with van der Waals surface area (Å²) < 4.78 is 41.7. The molecule has 0 spiro atoms. The first-order valence-electron chi connectivity index (χ1n) is 7.98. The van der Waals surface area contributed by atoms with Crippen LogP contribution in [0.5, 0.6) is 5.75 Å². The lowest BCUT2D eigenvalue weighted by atomic mass is 10.1. The fourth-order valence-corrected chi connectivity index (χ4v) is 2.14. The molecular weight excluding hydrogens is 329 g/mol. The Morgan fingerprint density at radius 1 is 1.00 bits per heavy atom. The Morgan fingerprint density at radius 3 is 2.24 bits per heavy atom. The first kappa shape index (κ1) is 18.7. The molecule has 3 nitrogen and oxygen atoms in total. The second kappa shape index (κ2) is 9.61. The van der Waals surface area contributed by atoms with Gasteiger partial charge in [-0.1, -0.05) is 37.6 Å². The predicted octanol–water partition coefficient (Wildman–Crippen LogP) is 5.22. The smallest absolute Gasteiger partial charge is 0.387 e. The van der Waals surface area contributed by atoms with Crippen molar-refractivity contribution in [2.75, 3.05) is 0 Å².